The fourth-order valence-electron chi connectivity index (χ4n) is 0.297. The quantitative estimate of drug-likeness (QED) is 0.253. The maximum Gasteiger partial charge on any atom is 0.222 e. The molecule has 12 heavy (non-hydrogen) atoms. The third-order valence-corrected chi connectivity index (χ3v) is 2.11. The predicted octanol–water partition coefficient (Wildman–Crippen LogP) is -1.41. The Balaban J connectivity index is 4.45. The molecule has 0 rings (SSSR count). The molecule has 0 fully saturated rings. The van der Waals surface area contributed by atoms with Crippen LogP contribution in [-0.4, -0.2) is 33.8 Å². The van der Waals surface area contributed by atoms with Gasteiger partial charge < -0.3 is 5.73 Å². The second kappa shape index (κ2) is 5.01. The molecule has 1 unspecified atom stereocenters. The lowest BCUT2D eigenvalue weighted by atomic mass is 10.5. The number of nitrogens with zero attached hydrogens (tertiary/aromatic N) is 1. The molecule has 0 saturated carbocycles. The van der Waals surface area contributed by atoms with Crippen molar-refractivity contribution in [1.82, 2.24) is 0 Å². The van der Waals surface area contributed by atoms with Crippen LogP contribution in [0, 0.1) is 0 Å². The van der Waals surface area contributed by atoms with Crippen molar-refractivity contribution in [2.24, 2.45) is 10.7 Å². The van der Waals surface area contributed by atoms with Crippen LogP contribution in [-0.2, 0) is 21.4 Å². The van der Waals surface area contributed by atoms with E-state index in [2.05, 4.69) is 4.99 Å². The van der Waals surface area contributed by atoms with Crippen LogP contribution >= 0.6 is 0 Å². The smallest absolute Gasteiger partial charge is 0.222 e. The molecule has 0 aromatic heterocycles. The Labute approximate surface area is 73.3 Å². The van der Waals surface area contributed by atoms with Gasteiger partial charge in [-0.05, 0) is 6.92 Å². The van der Waals surface area contributed by atoms with Crippen LogP contribution in [0.15, 0.2) is 4.99 Å². The molecule has 0 saturated heterocycles. The van der Waals surface area contributed by atoms with E-state index >= 15 is 0 Å². The van der Waals surface area contributed by atoms with Crippen LogP contribution in [0.3, 0.4) is 0 Å². The average Bonchev–Trinajstić information content (AvgIpc) is 1.98. The van der Waals surface area contributed by atoms with Gasteiger partial charge in [0.2, 0.25) is 26.5 Å². The van der Waals surface area contributed by atoms with E-state index in [1.54, 1.807) is 0 Å². The minimum absolute atomic E-state index is 0.0587. The Kier molecular flexibility index (Phi) is 4.71. The first-order valence-corrected chi connectivity index (χ1v) is 4.95. The van der Waals surface area contributed by atoms with Gasteiger partial charge in [0.05, 0.1) is 11.4 Å². The first-order chi connectivity index (χ1) is 5.45. The maximum atomic E-state index is 10.2. The van der Waals surface area contributed by atoms with Crippen LogP contribution in [0.1, 0.15) is 6.92 Å². The van der Waals surface area contributed by atoms with Gasteiger partial charge >= 0.3 is 0 Å². The molecule has 0 bridgehead atoms. The highest BCUT2D eigenvalue weighted by Crippen LogP contribution is 1.79. The second-order valence-corrected chi connectivity index (χ2v) is 3.92. The van der Waals surface area contributed by atoms with E-state index in [0.29, 0.717) is 0 Å². The van der Waals surface area contributed by atoms with Crippen LogP contribution < -0.4 is 5.73 Å². The number of hydrogen-bond donors (Lipinski definition) is 2. The largest absolute Gasteiger partial charge is 0.375 e. The molecule has 3 N–H and O–H groups in total. The topological polar surface area (TPSA) is 110 Å². The molecule has 0 aromatic rings. The Morgan fingerprint density at radius 1 is 1.50 bits per heavy atom. The van der Waals surface area contributed by atoms with E-state index in [9.17, 15) is 12.6 Å². The molecule has 0 aliphatic heterocycles. The zero-order chi connectivity index (χ0) is 9.72. The van der Waals surface area contributed by atoms with Crippen molar-refractivity contribution in [2.75, 3.05) is 6.54 Å². The van der Waals surface area contributed by atoms with Gasteiger partial charge in [-0.1, -0.05) is 0 Å². The summed E-state index contributed by atoms with van der Waals surface area (Å²) in [5.74, 6) is 0. The summed E-state index contributed by atoms with van der Waals surface area (Å²) in [5, 5.41) is -0.486. The average molecular weight is 212 g/mol. The predicted molar refractivity (Wildman–Crippen MR) is 46.9 cm³/mol. The van der Waals surface area contributed by atoms with Gasteiger partial charge in [0, 0.05) is 0 Å². The molecule has 6 nitrogen and oxygen atoms in total. The molecule has 8 heteroatoms. The molecule has 0 spiro atoms. The first kappa shape index (κ1) is 11.3. The zero-order valence-corrected chi connectivity index (χ0v) is 7.85. The molecule has 0 radical (unpaired) electrons. The Morgan fingerprint density at radius 2 is 2.00 bits per heavy atom. The van der Waals surface area contributed by atoms with Crippen LogP contribution in [0.2, 0.25) is 0 Å². The first-order valence-electron chi connectivity index (χ1n) is 2.77. The fourth-order valence-corrected chi connectivity index (χ4v) is 0.642. The van der Waals surface area contributed by atoms with Crippen molar-refractivity contribution in [3.63, 3.8) is 0 Å². The number of hydrogen-bond acceptors (Lipinski definition) is 4. The van der Waals surface area contributed by atoms with Crippen molar-refractivity contribution in [3.8, 4) is 0 Å². The van der Waals surface area contributed by atoms with Crippen LogP contribution in [0.25, 0.3) is 0 Å². The minimum Gasteiger partial charge on any atom is -0.375 e. The summed E-state index contributed by atoms with van der Waals surface area (Å²) in [6.45, 7) is 1.15. The monoisotopic (exact) mass is 212 g/mol. The summed E-state index contributed by atoms with van der Waals surface area (Å²) in [4.78, 5) is 3.42. The lowest BCUT2D eigenvalue weighted by Crippen LogP contribution is -2.19. The third kappa shape index (κ3) is 4.21. The van der Waals surface area contributed by atoms with E-state index in [1.807, 2.05) is 0 Å². The highest BCUT2D eigenvalue weighted by Gasteiger charge is 1.99. The molecular formula is C4H8N2O4S2. The summed E-state index contributed by atoms with van der Waals surface area (Å²) >= 11 is -2.33. The maximum absolute atomic E-state index is 10.2. The van der Waals surface area contributed by atoms with Crippen molar-refractivity contribution in [1.29, 1.82) is 0 Å². The lowest BCUT2D eigenvalue weighted by Gasteiger charge is -1.91. The summed E-state index contributed by atoms with van der Waals surface area (Å²) in [6, 6.07) is 0. The van der Waals surface area contributed by atoms with Gasteiger partial charge in [0.25, 0.3) is 0 Å². The van der Waals surface area contributed by atoms with Crippen molar-refractivity contribution < 1.29 is 17.2 Å². The molecule has 0 aliphatic rings. The van der Waals surface area contributed by atoms with E-state index in [1.165, 1.54) is 6.92 Å². The van der Waals surface area contributed by atoms with Gasteiger partial charge in [0.15, 0.2) is 0 Å². The van der Waals surface area contributed by atoms with Crippen molar-refractivity contribution in [2.45, 2.75) is 6.92 Å². The van der Waals surface area contributed by atoms with Crippen LogP contribution in [0.4, 0.5) is 0 Å². The van der Waals surface area contributed by atoms with Gasteiger partial charge in [-0.15, -0.1) is 0 Å². The van der Waals surface area contributed by atoms with Crippen LogP contribution in [0.5, 0.6) is 0 Å². The second-order valence-electron chi connectivity index (χ2n) is 1.84. The molecule has 0 amide bonds. The summed E-state index contributed by atoms with van der Waals surface area (Å²) in [7, 11) is -2.32. The van der Waals surface area contributed by atoms with E-state index in [4.69, 9.17) is 10.3 Å². The molecule has 1 atom stereocenters. The highest BCUT2D eigenvalue weighted by atomic mass is 32.2. The summed E-state index contributed by atoms with van der Waals surface area (Å²) in [6.07, 6.45) is 0. The summed E-state index contributed by atoms with van der Waals surface area (Å²) in [5.41, 5.74) is 4.95. The molecule has 0 heterocycles. The zero-order valence-electron chi connectivity index (χ0n) is 6.22. The minimum atomic E-state index is -2.33. The number of aliphatic imine (C=N–C) groups is 1. The Hall–Kier alpha value is -0.730. The standard InChI is InChI=1S/C4H8N2O4S2/c1-3(11(7)8)2-6-4(5)12(9)10/h2H2,1H3,(H2,5,6)(H,9,10). The van der Waals surface area contributed by atoms with Gasteiger partial charge in [0.1, 0.15) is 0 Å². The van der Waals surface area contributed by atoms with Gasteiger partial charge in [-0.25, -0.2) is 4.21 Å². The molecule has 0 aromatic carbocycles. The number of nitrogens with two attached hydrogens (primary N) is 1. The van der Waals surface area contributed by atoms with Gasteiger partial charge in [-0.3, -0.25) is 9.55 Å². The Bertz CT molecular complexity index is 334. The highest BCUT2D eigenvalue weighted by molar-refractivity contribution is 7.95. The van der Waals surface area contributed by atoms with Crippen molar-refractivity contribution >= 4 is 31.4 Å². The van der Waals surface area contributed by atoms with E-state index < -0.39 is 26.5 Å². The molecule has 70 valence electrons. The van der Waals surface area contributed by atoms with E-state index in [0.717, 1.165) is 0 Å². The molecular weight excluding hydrogens is 204 g/mol. The number of rotatable bonds is 2. The SMILES string of the molecule is CC(CN=C(N)S(=O)O)=S(=O)=O. The summed E-state index contributed by atoms with van der Waals surface area (Å²) < 4.78 is 38.9. The van der Waals surface area contributed by atoms with Gasteiger partial charge in [-0.2, -0.15) is 8.42 Å². The lowest BCUT2D eigenvalue weighted by molar-refractivity contribution is 0.576. The Morgan fingerprint density at radius 3 is 2.33 bits per heavy atom. The van der Waals surface area contributed by atoms with E-state index in [-0.39, 0.29) is 11.4 Å². The van der Waals surface area contributed by atoms with Crippen molar-refractivity contribution in [3.05, 3.63) is 0 Å². The molecule has 0 aliphatic carbocycles. The fraction of sp³-hybridized carbons (Fsp3) is 0.500. The normalized spacial score (nSPS) is 14.0. The third-order valence-electron chi connectivity index (χ3n) is 0.921. The number of amidine groups is 1.